The number of hydrogen-bond donors (Lipinski definition) is 1. The summed E-state index contributed by atoms with van der Waals surface area (Å²) in [5.74, 6) is 0.358. The van der Waals surface area contributed by atoms with Crippen molar-refractivity contribution in [2.75, 3.05) is 6.61 Å². The summed E-state index contributed by atoms with van der Waals surface area (Å²) in [5, 5.41) is 3.90. The van der Waals surface area contributed by atoms with Crippen molar-refractivity contribution in [1.82, 2.24) is 9.88 Å². The highest BCUT2D eigenvalue weighted by Gasteiger charge is 2.34. The summed E-state index contributed by atoms with van der Waals surface area (Å²) in [6.07, 6.45) is 1.86. The van der Waals surface area contributed by atoms with Gasteiger partial charge in [-0.1, -0.05) is 5.16 Å². The SMILES string of the molecule is CCOc1ccc(S(=O)(=O)NC(=O)c2c(C3CC3)noc2C)c(C)c1. The van der Waals surface area contributed by atoms with Crippen LogP contribution in [0.2, 0.25) is 0 Å². The molecule has 0 unspecified atom stereocenters. The van der Waals surface area contributed by atoms with Crippen LogP contribution >= 0.6 is 0 Å². The van der Waals surface area contributed by atoms with E-state index in [0.717, 1.165) is 12.8 Å². The highest BCUT2D eigenvalue weighted by atomic mass is 32.2. The van der Waals surface area contributed by atoms with Gasteiger partial charge in [0.15, 0.2) is 0 Å². The summed E-state index contributed by atoms with van der Waals surface area (Å²) in [4.78, 5) is 12.6. The number of amides is 1. The van der Waals surface area contributed by atoms with Crippen molar-refractivity contribution in [2.45, 2.75) is 44.4 Å². The van der Waals surface area contributed by atoms with Crippen LogP contribution in [0.5, 0.6) is 5.75 Å². The quantitative estimate of drug-likeness (QED) is 0.846. The lowest BCUT2D eigenvalue weighted by molar-refractivity contribution is 0.0979. The predicted octanol–water partition coefficient (Wildman–Crippen LogP) is 2.69. The van der Waals surface area contributed by atoms with Gasteiger partial charge in [0.2, 0.25) is 0 Å². The number of aryl methyl sites for hydroxylation is 2. The van der Waals surface area contributed by atoms with E-state index in [4.69, 9.17) is 9.26 Å². The predicted molar refractivity (Wildman–Crippen MR) is 90.2 cm³/mol. The number of hydrogen-bond acceptors (Lipinski definition) is 6. The van der Waals surface area contributed by atoms with Gasteiger partial charge in [-0.2, -0.15) is 0 Å². The second kappa shape index (κ2) is 6.51. The molecule has 2 aromatic rings. The molecule has 1 amide bonds. The van der Waals surface area contributed by atoms with Gasteiger partial charge in [-0.15, -0.1) is 0 Å². The molecule has 0 spiro atoms. The molecule has 8 heteroatoms. The zero-order valence-corrected chi connectivity index (χ0v) is 15.1. The topological polar surface area (TPSA) is 98.5 Å². The number of nitrogens with one attached hydrogen (secondary N) is 1. The highest BCUT2D eigenvalue weighted by Crippen LogP contribution is 2.41. The van der Waals surface area contributed by atoms with Crippen LogP contribution in [0.15, 0.2) is 27.6 Å². The molecule has 1 aromatic carbocycles. The van der Waals surface area contributed by atoms with Gasteiger partial charge in [0.05, 0.1) is 17.2 Å². The van der Waals surface area contributed by atoms with Gasteiger partial charge in [-0.25, -0.2) is 13.1 Å². The largest absolute Gasteiger partial charge is 0.494 e. The normalized spacial score (nSPS) is 14.4. The maximum Gasteiger partial charge on any atom is 0.270 e. The Hall–Kier alpha value is -2.35. The highest BCUT2D eigenvalue weighted by molar-refractivity contribution is 7.90. The Balaban J connectivity index is 1.87. The van der Waals surface area contributed by atoms with Crippen molar-refractivity contribution in [3.8, 4) is 5.75 Å². The minimum absolute atomic E-state index is 0.0337. The van der Waals surface area contributed by atoms with Crippen LogP contribution in [0.3, 0.4) is 0 Å². The van der Waals surface area contributed by atoms with E-state index in [-0.39, 0.29) is 16.4 Å². The average molecular weight is 364 g/mol. The van der Waals surface area contributed by atoms with Crippen molar-refractivity contribution >= 4 is 15.9 Å². The van der Waals surface area contributed by atoms with Crippen molar-refractivity contribution in [1.29, 1.82) is 0 Å². The van der Waals surface area contributed by atoms with Gasteiger partial charge in [-0.05, 0) is 57.4 Å². The molecule has 0 atom stereocenters. The molecular formula is C17H20N2O5S. The van der Waals surface area contributed by atoms with Crippen molar-refractivity contribution < 1.29 is 22.5 Å². The Morgan fingerprint density at radius 2 is 2.08 bits per heavy atom. The second-order valence-corrected chi connectivity index (χ2v) is 7.72. The maximum atomic E-state index is 12.6. The maximum absolute atomic E-state index is 12.6. The first-order valence-electron chi connectivity index (χ1n) is 8.10. The molecule has 0 saturated heterocycles. The number of nitrogens with zero attached hydrogens (tertiary/aromatic N) is 1. The first kappa shape index (κ1) is 17.5. The molecule has 1 fully saturated rings. The lowest BCUT2D eigenvalue weighted by Crippen LogP contribution is -2.31. The summed E-state index contributed by atoms with van der Waals surface area (Å²) in [6, 6.07) is 4.62. The van der Waals surface area contributed by atoms with Gasteiger partial charge in [-0.3, -0.25) is 4.79 Å². The van der Waals surface area contributed by atoms with Crippen LogP contribution in [0.25, 0.3) is 0 Å². The molecule has 25 heavy (non-hydrogen) atoms. The Morgan fingerprint density at radius 1 is 1.36 bits per heavy atom. The number of carbonyl (C=O) groups excluding carboxylic acids is 1. The zero-order chi connectivity index (χ0) is 18.2. The van der Waals surface area contributed by atoms with Gasteiger partial charge in [0.1, 0.15) is 17.1 Å². The monoisotopic (exact) mass is 364 g/mol. The minimum Gasteiger partial charge on any atom is -0.494 e. The Bertz CT molecular complexity index is 913. The zero-order valence-electron chi connectivity index (χ0n) is 14.3. The minimum atomic E-state index is -4.01. The van der Waals surface area contributed by atoms with Gasteiger partial charge in [0.25, 0.3) is 15.9 Å². The van der Waals surface area contributed by atoms with Crippen LogP contribution < -0.4 is 9.46 Å². The smallest absolute Gasteiger partial charge is 0.270 e. The molecule has 1 saturated carbocycles. The molecule has 1 N–H and O–H groups in total. The van der Waals surface area contributed by atoms with Crippen LogP contribution in [0.1, 0.15) is 53.1 Å². The van der Waals surface area contributed by atoms with Crippen LogP contribution in [-0.4, -0.2) is 26.1 Å². The fourth-order valence-corrected chi connectivity index (χ4v) is 3.89. The molecule has 0 radical (unpaired) electrons. The average Bonchev–Trinajstić information content (AvgIpc) is 3.29. The Morgan fingerprint density at radius 3 is 2.68 bits per heavy atom. The third-order valence-corrected chi connectivity index (χ3v) is 5.55. The lowest BCUT2D eigenvalue weighted by Gasteiger charge is -2.11. The number of aromatic nitrogens is 1. The van der Waals surface area contributed by atoms with Gasteiger partial charge >= 0.3 is 0 Å². The Labute approximate surface area is 146 Å². The summed E-state index contributed by atoms with van der Waals surface area (Å²) in [6.45, 7) is 5.59. The first-order chi connectivity index (χ1) is 11.8. The third kappa shape index (κ3) is 3.53. The van der Waals surface area contributed by atoms with Gasteiger partial charge in [0, 0.05) is 5.92 Å². The molecule has 1 aliphatic carbocycles. The van der Waals surface area contributed by atoms with E-state index in [1.54, 1.807) is 26.0 Å². The molecule has 1 heterocycles. The standard InChI is InChI=1S/C17H20N2O5S/c1-4-23-13-7-8-14(10(2)9-13)25(21,22)19-17(20)15-11(3)24-18-16(15)12-5-6-12/h7-9,12H,4-6H2,1-3H3,(H,19,20). The summed E-state index contributed by atoms with van der Waals surface area (Å²) < 4.78 is 37.8. The fraction of sp³-hybridized carbons (Fsp3) is 0.412. The molecule has 1 aliphatic rings. The molecule has 0 aliphatic heterocycles. The second-order valence-electron chi connectivity index (χ2n) is 6.07. The van der Waals surface area contributed by atoms with E-state index in [2.05, 4.69) is 9.88 Å². The van der Waals surface area contributed by atoms with Gasteiger partial charge < -0.3 is 9.26 Å². The molecular weight excluding hydrogens is 344 g/mol. The van der Waals surface area contributed by atoms with E-state index in [1.165, 1.54) is 6.07 Å². The number of carbonyl (C=O) groups is 1. The van der Waals surface area contributed by atoms with Crippen LogP contribution in [-0.2, 0) is 10.0 Å². The molecule has 1 aromatic heterocycles. The van der Waals surface area contributed by atoms with E-state index in [0.29, 0.717) is 29.4 Å². The number of rotatable bonds is 6. The molecule has 0 bridgehead atoms. The Kier molecular flexibility index (Phi) is 4.55. The molecule has 7 nitrogen and oxygen atoms in total. The lowest BCUT2D eigenvalue weighted by atomic mass is 10.1. The van der Waals surface area contributed by atoms with Crippen molar-refractivity contribution in [3.63, 3.8) is 0 Å². The van der Waals surface area contributed by atoms with E-state index >= 15 is 0 Å². The summed E-state index contributed by atoms with van der Waals surface area (Å²) in [7, 11) is -4.01. The van der Waals surface area contributed by atoms with Crippen LogP contribution in [0, 0.1) is 13.8 Å². The number of benzene rings is 1. The van der Waals surface area contributed by atoms with Crippen LogP contribution in [0.4, 0.5) is 0 Å². The van der Waals surface area contributed by atoms with E-state index in [9.17, 15) is 13.2 Å². The summed E-state index contributed by atoms with van der Waals surface area (Å²) in [5.41, 5.74) is 1.25. The summed E-state index contributed by atoms with van der Waals surface area (Å²) >= 11 is 0. The van der Waals surface area contributed by atoms with E-state index < -0.39 is 15.9 Å². The first-order valence-corrected chi connectivity index (χ1v) is 9.58. The van der Waals surface area contributed by atoms with Crippen molar-refractivity contribution in [2.24, 2.45) is 0 Å². The number of sulfonamides is 1. The van der Waals surface area contributed by atoms with E-state index in [1.807, 2.05) is 6.92 Å². The van der Waals surface area contributed by atoms with Crippen molar-refractivity contribution in [3.05, 3.63) is 40.8 Å². The fourth-order valence-electron chi connectivity index (χ4n) is 2.71. The molecule has 134 valence electrons. The third-order valence-electron chi connectivity index (χ3n) is 4.05. The number of ether oxygens (including phenoxy) is 1. The molecule has 3 rings (SSSR count).